The van der Waals surface area contributed by atoms with Crippen LogP contribution in [0.15, 0.2) is 18.2 Å². The highest BCUT2D eigenvalue weighted by Gasteiger charge is 2.32. The summed E-state index contributed by atoms with van der Waals surface area (Å²) in [5.41, 5.74) is 6.73. The first-order valence-corrected chi connectivity index (χ1v) is 5.92. The van der Waals surface area contributed by atoms with Gasteiger partial charge in [0.15, 0.2) is 0 Å². The van der Waals surface area contributed by atoms with Crippen molar-refractivity contribution in [2.45, 2.75) is 19.9 Å². The Morgan fingerprint density at radius 2 is 2.17 bits per heavy atom. The maximum atomic E-state index is 13.1. The number of hydrogen-bond donors (Lipinski definition) is 2. The standard InChI is InChI=1S/C13H19FN2O.ClH/c1-13(8-15)2-3-16(9-13)7-10-4-11(14)6-12(17)5-10;/h4-6,17H,2-3,7-9,15H2,1H3;1H. The molecule has 0 radical (unpaired) electrons. The molecule has 102 valence electrons. The summed E-state index contributed by atoms with van der Waals surface area (Å²) in [6.07, 6.45) is 1.07. The summed E-state index contributed by atoms with van der Waals surface area (Å²) in [6, 6.07) is 4.20. The molecule has 1 saturated heterocycles. The van der Waals surface area contributed by atoms with Gasteiger partial charge in [-0.25, -0.2) is 4.39 Å². The third kappa shape index (κ3) is 3.57. The summed E-state index contributed by atoms with van der Waals surface area (Å²) in [4.78, 5) is 2.25. The van der Waals surface area contributed by atoms with E-state index >= 15 is 0 Å². The smallest absolute Gasteiger partial charge is 0.127 e. The van der Waals surface area contributed by atoms with Gasteiger partial charge in [0.1, 0.15) is 11.6 Å². The molecule has 1 heterocycles. The molecule has 0 aromatic heterocycles. The van der Waals surface area contributed by atoms with Crippen molar-refractivity contribution >= 4 is 12.4 Å². The van der Waals surface area contributed by atoms with Gasteiger partial charge in [-0.1, -0.05) is 6.92 Å². The molecule has 2 rings (SSSR count). The summed E-state index contributed by atoms with van der Waals surface area (Å²) < 4.78 is 13.1. The van der Waals surface area contributed by atoms with Gasteiger partial charge < -0.3 is 10.8 Å². The molecule has 1 aliphatic heterocycles. The first kappa shape index (κ1) is 15.2. The van der Waals surface area contributed by atoms with E-state index in [0.29, 0.717) is 13.1 Å². The molecule has 1 fully saturated rings. The van der Waals surface area contributed by atoms with Crippen molar-refractivity contribution in [3.05, 3.63) is 29.6 Å². The number of benzene rings is 1. The lowest BCUT2D eigenvalue weighted by molar-refractivity contribution is 0.274. The first-order chi connectivity index (χ1) is 8.00. The third-order valence-corrected chi connectivity index (χ3v) is 3.48. The van der Waals surface area contributed by atoms with Gasteiger partial charge in [0.05, 0.1) is 0 Å². The Bertz CT molecular complexity index is 396. The largest absolute Gasteiger partial charge is 0.508 e. The second-order valence-corrected chi connectivity index (χ2v) is 5.29. The monoisotopic (exact) mass is 274 g/mol. The highest BCUT2D eigenvalue weighted by Crippen LogP contribution is 2.29. The normalized spacial score (nSPS) is 23.9. The van der Waals surface area contributed by atoms with Gasteiger partial charge in [0.2, 0.25) is 0 Å². The van der Waals surface area contributed by atoms with Gasteiger partial charge in [-0.3, -0.25) is 4.90 Å². The molecule has 1 aromatic carbocycles. The zero-order chi connectivity index (χ0) is 12.5. The zero-order valence-corrected chi connectivity index (χ0v) is 11.3. The first-order valence-electron chi connectivity index (χ1n) is 5.92. The number of halogens is 2. The summed E-state index contributed by atoms with van der Waals surface area (Å²) >= 11 is 0. The minimum Gasteiger partial charge on any atom is -0.508 e. The third-order valence-electron chi connectivity index (χ3n) is 3.48. The van der Waals surface area contributed by atoms with E-state index < -0.39 is 0 Å². The van der Waals surface area contributed by atoms with Crippen LogP contribution in [0.25, 0.3) is 0 Å². The van der Waals surface area contributed by atoms with Crippen molar-refractivity contribution in [3.63, 3.8) is 0 Å². The predicted octanol–water partition coefficient (Wildman–Crippen LogP) is 2.12. The number of aromatic hydroxyl groups is 1. The maximum absolute atomic E-state index is 13.1. The highest BCUT2D eigenvalue weighted by atomic mass is 35.5. The van der Waals surface area contributed by atoms with Crippen LogP contribution in [-0.4, -0.2) is 29.6 Å². The lowest BCUT2D eigenvalue weighted by atomic mass is 9.90. The fraction of sp³-hybridized carbons (Fsp3) is 0.538. The average molecular weight is 275 g/mol. The minimum atomic E-state index is -0.388. The summed E-state index contributed by atoms with van der Waals surface area (Å²) in [5, 5.41) is 9.34. The van der Waals surface area contributed by atoms with Crippen molar-refractivity contribution in [2.24, 2.45) is 11.1 Å². The number of rotatable bonds is 3. The van der Waals surface area contributed by atoms with E-state index in [9.17, 15) is 9.50 Å². The van der Waals surface area contributed by atoms with Crippen LogP contribution in [-0.2, 0) is 6.54 Å². The predicted molar refractivity (Wildman–Crippen MR) is 72.4 cm³/mol. The van der Waals surface area contributed by atoms with Crippen LogP contribution in [0.1, 0.15) is 18.9 Å². The van der Waals surface area contributed by atoms with Gasteiger partial charge in [-0.15, -0.1) is 12.4 Å². The number of phenolic OH excluding ortho intramolecular Hbond substituents is 1. The van der Waals surface area contributed by atoms with Gasteiger partial charge in [-0.2, -0.15) is 0 Å². The Morgan fingerprint density at radius 3 is 2.72 bits per heavy atom. The van der Waals surface area contributed by atoms with Crippen LogP contribution in [0, 0.1) is 11.2 Å². The van der Waals surface area contributed by atoms with Crippen LogP contribution in [0.5, 0.6) is 5.75 Å². The summed E-state index contributed by atoms with van der Waals surface area (Å²) in [6.45, 7) is 5.43. The summed E-state index contributed by atoms with van der Waals surface area (Å²) in [5.74, 6) is -0.401. The van der Waals surface area contributed by atoms with Crippen molar-refractivity contribution in [3.8, 4) is 5.75 Å². The Morgan fingerprint density at radius 1 is 1.44 bits per heavy atom. The summed E-state index contributed by atoms with van der Waals surface area (Å²) in [7, 11) is 0. The van der Waals surface area contributed by atoms with Crippen LogP contribution < -0.4 is 5.73 Å². The number of likely N-dealkylation sites (tertiary alicyclic amines) is 1. The van der Waals surface area contributed by atoms with Crippen molar-refractivity contribution in [1.29, 1.82) is 0 Å². The molecule has 5 heteroatoms. The fourth-order valence-corrected chi connectivity index (χ4v) is 2.41. The second-order valence-electron chi connectivity index (χ2n) is 5.29. The van der Waals surface area contributed by atoms with E-state index in [4.69, 9.17) is 5.73 Å². The molecule has 1 aromatic rings. The van der Waals surface area contributed by atoms with Gasteiger partial charge in [0, 0.05) is 19.2 Å². The van der Waals surface area contributed by atoms with E-state index in [1.165, 1.54) is 6.07 Å². The maximum Gasteiger partial charge on any atom is 0.127 e. The molecule has 0 amide bonds. The molecule has 0 spiro atoms. The van der Waals surface area contributed by atoms with Crippen LogP contribution in [0.2, 0.25) is 0 Å². The molecule has 1 atom stereocenters. The topological polar surface area (TPSA) is 49.5 Å². The fourth-order valence-electron chi connectivity index (χ4n) is 2.41. The van der Waals surface area contributed by atoms with Gasteiger partial charge in [-0.05, 0) is 42.6 Å². The van der Waals surface area contributed by atoms with E-state index in [1.807, 2.05) is 0 Å². The molecule has 0 aliphatic carbocycles. The Kier molecular flexibility index (Phi) is 4.96. The van der Waals surface area contributed by atoms with Crippen LogP contribution in [0.3, 0.4) is 0 Å². The number of phenols is 1. The zero-order valence-electron chi connectivity index (χ0n) is 10.5. The molecule has 3 nitrogen and oxygen atoms in total. The van der Waals surface area contributed by atoms with Gasteiger partial charge >= 0.3 is 0 Å². The van der Waals surface area contributed by atoms with E-state index in [0.717, 1.165) is 31.1 Å². The van der Waals surface area contributed by atoms with Crippen LogP contribution >= 0.6 is 12.4 Å². The van der Waals surface area contributed by atoms with Crippen LogP contribution in [0.4, 0.5) is 4.39 Å². The molecule has 1 aliphatic rings. The second kappa shape index (κ2) is 5.87. The average Bonchev–Trinajstić information content (AvgIpc) is 2.59. The number of nitrogens with zero attached hydrogens (tertiary/aromatic N) is 1. The van der Waals surface area contributed by atoms with Gasteiger partial charge in [0.25, 0.3) is 0 Å². The Labute approximate surface area is 113 Å². The van der Waals surface area contributed by atoms with Crippen molar-refractivity contribution in [2.75, 3.05) is 19.6 Å². The SMILES string of the molecule is CC1(CN)CCN(Cc2cc(O)cc(F)c2)C1.Cl. The Hall–Kier alpha value is -0.840. The molecule has 1 unspecified atom stereocenters. The molecule has 0 saturated carbocycles. The quantitative estimate of drug-likeness (QED) is 0.888. The van der Waals surface area contributed by atoms with E-state index in [2.05, 4.69) is 11.8 Å². The van der Waals surface area contributed by atoms with E-state index in [1.54, 1.807) is 6.07 Å². The lowest BCUT2D eigenvalue weighted by Gasteiger charge is -2.22. The Balaban J connectivity index is 0.00000162. The highest BCUT2D eigenvalue weighted by molar-refractivity contribution is 5.85. The van der Waals surface area contributed by atoms with Crippen molar-refractivity contribution in [1.82, 2.24) is 4.90 Å². The number of nitrogens with two attached hydrogens (primary N) is 1. The van der Waals surface area contributed by atoms with Crippen molar-refractivity contribution < 1.29 is 9.50 Å². The molecule has 18 heavy (non-hydrogen) atoms. The lowest BCUT2D eigenvalue weighted by Crippen LogP contribution is -2.31. The molecular formula is C13H20ClFN2O. The van der Waals surface area contributed by atoms with E-state index in [-0.39, 0.29) is 29.4 Å². The molecular weight excluding hydrogens is 255 g/mol. The molecule has 3 N–H and O–H groups in total. The number of hydrogen-bond acceptors (Lipinski definition) is 3. The minimum absolute atomic E-state index is 0. The molecule has 0 bridgehead atoms.